The van der Waals surface area contributed by atoms with Gasteiger partial charge in [-0.05, 0) is 32.4 Å². The molecule has 0 aromatic carbocycles. The number of hydrogen-bond acceptors (Lipinski definition) is 4. The van der Waals surface area contributed by atoms with Crippen molar-refractivity contribution in [1.82, 2.24) is 13.9 Å². The Bertz CT molecular complexity index is 399. The lowest BCUT2D eigenvalue weighted by Crippen LogP contribution is -2.43. The second kappa shape index (κ2) is 8.72. The van der Waals surface area contributed by atoms with Crippen molar-refractivity contribution in [1.29, 1.82) is 0 Å². The largest absolute Gasteiger partial charge is 0.317 e. The van der Waals surface area contributed by atoms with E-state index < -0.39 is 10.2 Å². The van der Waals surface area contributed by atoms with Crippen LogP contribution < -0.4 is 5.32 Å². The molecule has 1 rings (SSSR count). The summed E-state index contributed by atoms with van der Waals surface area (Å²) >= 11 is 1.87. The normalized spacial score (nSPS) is 20.6. The van der Waals surface area contributed by atoms with Crippen LogP contribution in [-0.4, -0.2) is 67.3 Å². The van der Waals surface area contributed by atoms with E-state index in [1.807, 2.05) is 11.8 Å². The smallest absolute Gasteiger partial charge is 0.281 e. The summed E-state index contributed by atoms with van der Waals surface area (Å²) in [6, 6.07) is 0. The molecule has 21 heavy (non-hydrogen) atoms. The second-order valence-corrected chi connectivity index (χ2v) is 10.0. The fourth-order valence-corrected chi connectivity index (χ4v) is 4.89. The van der Waals surface area contributed by atoms with Gasteiger partial charge in [0.1, 0.15) is 0 Å². The van der Waals surface area contributed by atoms with Crippen molar-refractivity contribution in [2.45, 2.75) is 44.8 Å². The topological polar surface area (TPSA) is 52.7 Å². The molecule has 7 heteroatoms. The zero-order valence-electron chi connectivity index (χ0n) is 13.9. The summed E-state index contributed by atoms with van der Waals surface area (Å²) < 4.78 is 28.5. The van der Waals surface area contributed by atoms with Crippen molar-refractivity contribution in [2.75, 3.05) is 45.5 Å². The van der Waals surface area contributed by atoms with Crippen LogP contribution in [0.5, 0.6) is 0 Å². The Morgan fingerprint density at radius 2 is 2.00 bits per heavy atom. The van der Waals surface area contributed by atoms with Gasteiger partial charge in [-0.15, -0.1) is 0 Å². The van der Waals surface area contributed by atoms with Gasteiger partial charge in [0.25, 0.3) is 10.2 Å². The average Bonchev–Trinajstić information content (AvgIpc) is 2.59. The quantitative estimate of drug-likeness (QED) is 0.686. The maximum Gasteiger partial charge on any atom is 0.281 e. The van der Waals surface area contributed by atoms with Crippen LogP contribution in [0.25, 0.3) is 0 Å². The van der Waals surface area contributed by atoms with Gasteiger partial charge in [-0.2, -0.15) is 28.8 Å². The molecule has 0 amide bonds. The maximum atomic E-state index is 12.6. The minimum absolute atomic E-state index is 0.174. The molecule has 0 spiro atoms. The molecule has 0 atom stereocenters. The fraction of sp³-hybridized carbons (Fsp3) is 1.00. The molecule has 1 fully saturated rings. The predicted molar refractivity (Wildman–Crippen MR) is 92.1 cm³/mol. The number of rotatable bonds is 8. The average molecular weight is 338 g/mol. The number of nitrogens with one attached hydrogen (secondary N) is 1. The van der Waals surface area contributed by atoms with Gasteiger partial charge < -0.3 is 5.32 Å². The van der Waals surface area contributed by atoms with E-state index in [-0.39, 0.29) is 4.75 Å². The molecule has 0 radical (unpaired) electrons. The summed E-state index contributed by atoms with van der Waals surface area (Å²) in [5, 5.41) is 3.30. The van der Waals surface area contributed by atoms with Crippen LogP contribution in [0.15, 0.2) is 0 Å². The minimum Gasteiger partial charge on any atom is -0.317 e. The Labute approximate surface area is 135 Å². The number of nitrogens with zero attached hydrogens (tertiary/aromatic N) is 2. The Morgan fingerprint density at radius 1 is 1.29 bits per heavy atom. The minimum atomic E-state index is -3.30. The molecule has 126 valence electrons. The highest BCUT2D eigenvalue weighted by Crippen LogP contribution is 2.31. The van der Waals surface area contributed by atoms with Crippen LogP contribution in [0.3, 0.4) is 0 Å². The van der Waals surface area contributed by atoms with Crippen LogP contribution in [0.4, 0.5) is 0 Å². The van der Waals surface area contributed by atoms with E-state index in [2.05, 4.69) is 26.1 Å². The van der Waals surface area contributed by atoms with E-state index >= 15 is 0 Å². The summed E-state index contributed by atoms with van der Waals surface area (Å²) in [5.41, 5.74) is 0. The second-order valence-electron chi connectivity index (χ2n) is 6.19. The van der Waals surface area contributed by atoms with E-state index in [1.54, 1.807) is 11.4 Å². The summed E-state index contributed by atoms with van der Waals surface area (Å²) in [6.45, 7) is 10.2. The summed E-state index contributed by atoms with van der Waals surface area (Å²) in [6.07, 6.45) is 2.86. The Hall–Kier alpha value is 0.180. The Kier molecular flexibility index (Phi) is 7.98. The van der Waals surface area contributed by atoms with Gasteiger partial charge in [0.05, 0.1) is 0 Å². The summed E-state index contributed by atoms with van der Waals surface area (Å²) in [5.74, 6) is 0.873. The van der Waals surface area contributed by atoms with Gasteiger partial charge in [-0.25, -0.2) is 0 Å². The highest BCUT2D eigenvalue weighted by atomic mass is 32.2. The molecular weight excluding hydrogens is 306 g/mol. The van der Waals surface area contributed by atoms with Crippen LogP contribution in [0.2, 0.25) is 0 Å². The van der Waals surface area contributed by atoms with E-state index in [1.165, 1.54) is 4.31 Å². The molecule has 1 saturated heterocycles. The first-order valence-electron chi connectivity index (χ1n) is 7.85. The predicted octanol–water partition coefficient (Wildman–Crippen LogP) is 1.77. The zero-order chi connectivity index (χ0) is 15.9. The lowest BCUT2D eigenvalue weighted by atomic mass is 10.1. The highest BCUT2D eigenvalue weighted by molar-refractivity contribution is 8.00. The van der Waals surface area contributed by atoms with Crippen molar-refractivity contribution < 1.29 is 8.42 Å². The van der Waals surface area contributed by atoms with Crippen LogP contribution in [0.1, 0.15) is 40.0 Å². The highest BCUT2D eigenvalue weighted by Gasteiger charge is 2.31. The van der Waals surface area contributed by atoms with Crippen LogP contribution in [0, 0.1) is 0 Å². The zero-order valence-corrected chi connectivity index (χ0v) is 15.5. The Morgan fingerprint density at radius 3 is 2.67 bits per heavy atom. The van der Waals surface area contributed by atoms with Gasteiger partial charge in [-0.1, -0.05) is 20.8 Å². The molecule has 0 aromatic rings. The first kappa shape index (κ1) is 19.2. The molecule has 1 N–H and O–H groups in total. The Balaban J connectivity index is 2.47. The van der Waals surface area contributed by atoms with Crippen LogP contribution >= 0.6 is 11.8 Å². The van der Waals surface area contributed by atoms with E-state index in [0.29, 0.717) is 19.6 Å². The molecule has 0 aliphatic carbocycles. The molecule has 1 aliphatic heterocycles. The lowest BCUT2D eigenvalue weighted by molar-refractivity contribution is 0.359. The standard InChI is InChI=1S/C14H31N3O2S2/c1-5-8-15-9-6-10-16(4)21(18,19)17-11-7-14(2,3)20-13-12-17/h15H,5-13H2,1-4H3. The lowest BCUT2D eigenvalue weighted by Gasteiger charge is -2.27. The van der Waals surface area contributed by atoms with E-state index in [9.17, 15) is 8.42 Å². The van der Waals surface area contributed by atoms with Crippen molar-refractivity contribution in [2.24, 2.45) is 0 Å². The summed E-state index contributed by atoms with van der Waals surface area (Å²) in [7, 11) is -1.61. The van der Waals surface area contributed by atoms with E-state index in [4.69, 9.17) is 0 Å². The molecule has 0 aromatic heterocycles. The number of hydrogen-bond donors (Lipinski definition) is 1. The van der Waals surface area contributed by atoms with Crippen molar-refractivity contribution in [3.8, 4) is 0 Å². The van der Waals surface area contributed by atoms with Crippen molar-refractivity contribution in [3.05, 3.63) is 0 Å². The monoisotopic (exact) mass is 337 g/mol. The molecule has 0 saturated carbocycles. The molecule has 1 aliphatic rings. The maximum absolute atomic E-state index is 12.6. The fourth-order valence-electron chi connectivity index (χ4n) is 2.27. The summed E-state index contributed by atoms with van der Waals surface area (Å²) in [4.78, 5) is 0. The SMILES string of the molecule is CCCNCCCN(C)S(=O)(=O)N1CCSC(C)(C)CC1. The molecule has 0 bridgehead atoms. The third kappa shape index (κ3) is 6.44. The van der Waals surface area contributed by atoms with Gasteiger partial charge in [0.15, 0.2) is 0 Å². The first-order valence-corrected chi connectivity index (χ1v) is 10.2. The van der Waals surface area contributed by atoms with Crippen molar-refractivity contribution in [3.63, 3.8) is 0 Å². The van der Waals surface area contributed by atoms with Gasteiger partial charge in [0, 0.05) is 37.2 Å². The molecule has 5 nitrogen and oxygen atoms in total. The molecular formula is C14H31N3O2S2. The molecule has 0 unspecified atom stereocenters. The van der Waals surface area contributed by atoms with Crippen LogP contribution in [-0.2, 0) is 10.2 Å². The van der Waals surface area contributed by atoms with E-state index in [0.717, 1.165) is 38.1 Å². The van der Waals surface area contributed by atoms with Gasteiger partial charge in [-0.3, -0.25) is 0 Å². The molecule has 1 heterocycles. The van der Waals surface area contributed by atoms with Crippen molar-refractivity contribution >= 4 is 22.0 Å². The van der Waals surface area contributed by atoms with Gasteiger partial charge >= 0.3 is 0 Å². The van der Waals surface area contributed by atoms with Gasteiger partial charge in [0.2, 0.25) is 0 Å². The number of thioether (sulfide) groups is 1. The third-order valence-electron chi connectivity index (χ3n) is 3.77. The first-order chi connectivity index (χ1) is 9.79. The third-order valence-corrected chi connectivity index (χ3v) is 7.13.